The number of ether oxygens (including phenoxy) is 1. The monoisotopic (exact) mass is 281 g/mol. The second kappa shape index (κ2) is 4.38. The van der Waals surface area contributed by atoms with Gasteiger partial charge in [0.25, 0.3) is 0 Å². The molecule has 0 aromatic heterocycles. The molecule has 3 rings (SSSR count). The zero-order chi connectivity index (χ0) is 11.0. The Hall–Kier alpha value is -0.540. The van der Waals surface area contributed by atoms with Gasteiger partial charge in [0.05, 0.1) is 6.61 Å². The van der Waals surface area contributed by atoms with Crippen molar-refractivity contribution in [2.24, 2.45) is 0 Å². The number of halogens is 1. The maximum absolute atomic E-state index is 5.71. The highest BCUT2D eigenvalue weighted by Crippen LogP contribution is 2.34. The minimum Gasteiger partial charge on any atom is -0.493 e. The highest BCUT2D eigenvalue weighted by atomic mass is 79.9. The molecule has 0 amide bonds. The maximum atomic E-state index is 5.71. The molecule has 0 aliphatic carbocycles. The highest BCUT2D eigenvalue weighted by molar-refractivity contribution is 9.09. The zero-order valence-electron chi connectivity index (χ0n) is 9.23. The lowest BCUT2D eigenvalue weighted by atomic mass is 10.0. The predicted molar refractivity (Wildman–Crippen MR) is 68.5 cm³/mol. The summed E-state index contributed by atoms with van der Waals surface area (Å²) in [6.45, 7) is 4.38. The van der Waals surface area contributed by atoms with Crippen LogP contribution < -0.4 is 4.74 Å². The van der Waals surface area contributed by atoms with E-state index in [-0.39, 0.29) is 0 Å². The Balaban J connectivity index is 1.69. The SMILES string of the molecule is BrC1CCN(CC2COc3ccccc32)C1. The molecule has 0 bridgehead atoms. The summed E-state index contributed by atoms with van der Waals surface area (Å²) < 4.78 is 5.71. The van der Waals surface area contributed by atoms with Crippen LogP contribution in [0.2, 0.25) is 0 Å². The predicted octanol–water partition coefficient (Wildman–Crippen LogP) is 2.63. The van der Waals surface area contributed by atoms with Gasteiger partial charge >= 0.3 is 0 Å². The van der Waals surface area contributed by atoms with E-state index in [0.717, 1.165) is 18.9 Å². The quantitative estimate of drug-likeness (QED) is 0.773. The molecule has 0 radical (unpaired) electrons. The molecule has 2 unspecified atom stereocenters. The molecule has 1 fully saturated rings. The third-order valence-corrected chi connectivity index (χ3v) is 4.24. The summed E-state index contributed by atoms with van der Waals surface area (Å²) in [6, 6.07) is 8.44. The Morgan fingerprint density at radius 3 is 3.06 bits per heavy atom. The molecule has 1 aromatic rings. The van der Waals surface area contributed by atoms with Crippen LogP contribution in [0.15, 0.2) is 24.3 Å². The Morgan fingerprint density at radius 1 is 1.38 bits per heavy atom. The summed E-state index contributed by atoms with van der Waals surface area (Å²) in [5.41, 5.74) is 1.39. The summed E-state index contributed by atoms with van der Waals surface area (Å²) >= 11 is 3.69. The van der Waals surface area contributed by atoms with Crippen LogP contribution in [0.4, 0.5) is 0 Å². The molecule has 1 saturated heterocycles. The van der Waals surface area contributed by atoms with Crippen molar-refractivity contribution in [3.63, 3.8) is 0 Å². The van der Waals surface area contributed by atoms with Crippen LogP contribution in [0.5, 0.6) is 5.75 Å². The van der Waals surface area contributed by atoms with Gasteiger partial charge in [-0.2, -0.15) is 0 Å². The molecule has 2 aliphatic rings. The summed E-state index contributed by atoms with van der Waals surface area (Å²) in [4.78, 5) is 3.22. The van der Waals surface area contributed by atoms with Crippen molar-refractivity contribution < 1.29 is 4.74 Å². The van der Waals surface area contributed by atoms with Crippen molar-refractivity contribution in [2.75, 3.05) is 26.2 Å². The molecular formula is C13H16BrNO. The molecule has 86 valence electrons. The molecule has 0 saturated carbocycles. The van der Waals surface area contributed by atoms with E-state index >= 15 is 0 Å². The van der Waals surface area contributed by atoms with E-state index in [1.807, 2.05) is 6.07 Å². The van der Waals surface area contributed by atoms with Gasteiger partial charge in [0, 0.05) is 29.4 Å². The lowest BCUT2D eigenvalue weighted by Gasteiger charge is -2.19. The van der Waals surface area contributed by atoms with Gasteiger partial charge in [-0.15, -0.1) is 0 Å². The molecule has 0 spiro atoms. The fraction of sp³-hybridized carbons (Fsp3) is 0.538. The fourth-order valence-electron chi connectivity index (χ4n) is 2.64. The Labute approximate surface area is 105 Å². The van der Waals surface area contributed by atoms with E-state index in [2.05, 4.69) is 39.0 Å². The number of likely N-dealkylation sites (tertiary alicyclic amines) is 1. The van der Waals surface area contributed by atoms with Crippen molar-refractivity contribution in [1.29, 1.82) is 0 Å². The van der Waals surface area contributed by atoms with Crippen molar-refractivity contribution in [1.82, 2.24) is 4.90 Å². The number of nitrogens with zero attached hydrogens (tertiary/aromatic N) is 1. The first-order valence-corrected chi connectivity index (χ1v) is 6.82. The molecule has 2 heterocycles. The van der Waals surface area contributed by atoms with E-state index in [1.165, 1.54) is 25.1 Å². The lowest BCUT2D eigenvalue weighted by molar-refractivity contribution is 0.268. The van der Waals surface area contributed by atoms with Gasteiger partial charge in [0.1, 0.15) is 5.75 Å². The van der Waals surface area contributed by atoms with Crippen LogP contribution in [0, 0.1) is 0 Å². The van der Waals surface area contributed by atoms with Crippen LogP contribution in [0.3, 0.4) is 0 Å². The number of hydrogen-bond acceptors (Lipinski definition) is 2. The largest absolute Gasteiger partial charge is 0.493 e. The van der Waals surface area contributed by atoms with E-state index in [9.17, 15) is 0 Å². The second-order valence-corrected chi connectivity index (χ2v) is 5.99. The number of alkyl halides is 1. The highest BCUT2D eigenvalue weighted by Gasteiger charge is 2.28. The minimum absolute atomic E-state index is 0.564. The molecule has 2 nitrogen and oxygen atoms in total. The van der Waals surface area contributed by atoms with Gasteiger partial charge in [-0.3, -0.25) is 0 Å². The molecule has 2 aliphatic heterocycles. The molecule has 3 heteroatoms. The van der Waals surface area contributed by atoms with Gasteiger partial charge in [-0.05, 0) is 19.0 Å². The third-order valence-electron chi connectivity index (χ3n) is 3.49. The van der Waals surface area contributed by atoms with Gasteiger partial charge in [0.2, 0.25) is 0 Å². The van der Waals surface area contributed by atoms with Crippen LogP contribution in [0.1, 0.15) is 17.9 Å². The van der Waals surface area contributed by atoms with E-state index in [0.29, 0.717) is 10.7 Å². The topological polar surface area (TPSA) is 12.5 Å². The Kier molecular flexibility index (Phi) is 2.90. The molecule has 2 atom stereocenters. The van der Waals surface area contributed by atoms with Crippen molar-refractivity contribution >= 4 is 15.9 Å². The molecule has 16 heavy (non-hydrogen) atoms. The molecular weight excluding hydrogens is 266 g/mol. The first-order valence-electron chi connectivity index (χ1n) is 5.91. The van der Waals surface area contributed by atoms with Crippen LogP contribution in [-0.4, -0.2) is 36.0 Å². The van der Waals surface area contributed by atoms with E-state index in [1.54, 1.807) is 0 Å². The number of para-hydroxylation sites is 1. The van der Waals surface area contributed by atoms with Gasteiger partial charge in [0.15, 0.2) is 0 Å². The zero-order valence-corrected chi connectivity index (χ0v) is 10.8. The van der Waals surface area contributed by atoms with Gasteiger partial charge in [-0.25, -0.2) is 0 Å². The third kappa shape index (κ3) is 1.98. The Bertz CT molecular complexity index is 382. The first-order chi connectivity index (χ1) is 7.83. The van der Waals surface area contributed by atoms with Crippen LogP contribution >= 0.6 is 15.9 Å². The molecule has 0 N–H and O–H groups in total. The van der Waals surface area contributed by atoms with Crippen LogP contribution in [0.25, 0.3) is 0 Å². The van der Waals surface area contributed by atoms with E-state index in [4.69, 9.17) is 4.74 Å². The van der Waals surface area contributed by atoms with E-state index < -0.39 is 0 Å². The summed E-state index contributed by atoms with van der Waals surface area (Å²) in [5.74, 6) is 1.65. The Morgan fingerprint density at radius 2 is 2.25 bits per heavy atom. The average molecular weight is 282 g/mol. The summed E-state index contributed by atoms with van der Waals surface area (Å²) in [6.07, 6.45) is 1.27. The van der Waals surface area contributed by atoms with Crippen molar-refractivity contribution in [2.45, 2.75) is 17.2 Å². The van der Waals surface area contributed by atoms with Crippen molar-refractivity contribution in [3.8, 4) is 5.75 Å². The van der Waals surface area contributed by atoms with Gasteiger partial charge < -0.3 is 9.64 Å². The normalized spacial score (nSPS) is 29.1. The number of fused-ring (bicyclic) bond motifs is 1. The first kappa shape index (κ1) is 10.6. The standard InChI is InChI=1S/C13H16BrNO/c14-11-5-6-15(8-11)7-10-9-16-13-4-2-1-3-12(10)13/h1-4,10-11H,5-9H2. The fourth-order valence-corrected chi connectivity index (χ4v) is 3.26. The summed E-state index contributed by atoms with van der Waals surface area (Å²) in [7, 11) is 0. The lowest BCUT2D eigenvalue weighted by Crippen LogP contribution is -2.27. The average Bonchev–Trinajstić information content (AvgIpc) is 2.87. The number of benzene rings is 1. The van der Waals surface area contributed by atoms with Gasteiger partial charge in [-0.1, -0.05) is 34.1 Å². The molecule has 1 aromatic carbocycles. The summed E-state index contributed by atoms with van der Waals surface area (Å²) in [5, 5.41) is 0. The smallest absolute Gasteiger partial charge is 0.122 e. The van der Waals surface area contributed by atoms with Crippen LogP contribution in [-0.2, 0) is 0 Å². The van der Waals surface area contributed by atoms with Crippen molar-refractivity contribution in [3.05, 3.63) is 29.8 Å². The maximum Gasteiger partial charge on any atom is 0.122 e. The number of hydrogen-bond donors (Lipinski definition) is 0. The second-order valence-electron chi connectivity index (χ2n) is 4.69. The number of rotatable bonds is 2. The minimum atomic E-state index is 0.564.